The number of aromatic nitrogens is 3. The highest BCUT2D eigenvalue weighted by Crippen LogP contribution is 2.26. The Bertz CT molecular complexity index is 764. The minimum atomic E-state index is 0.364. The second kappa shape index (κ2) is 5.77. The van der Waals surface area contributed by atoms with Crippen molar-refractivity contribution in [3.8, 4) is 11.4 Å². The van der Waals surface area contributed by atoms with Crippen LogP contribution in [0.15, 0.2) is 29.8 Å². The van der Waals surface area contributed by atoms with E-state index in [4.69, 9.17) is 4.98 Å². The molecule has 0 aliphatic rings. The van der Waals surface area contributed by atoms with E-state index in [0.29, 0.717) is 5.92 Å². The quantitative estimate of drug-likeness (QED) is 0.780. The van der Waals surface area contributed by atoms with Gasteiger partial charge in [0.15, 0.2) is 5.82 Å². The number of hydrogen-bond acceptors (Lipinski definition) is 5. The molecule has 0 saturated heterocycles. The molecule has 0 saturated carbocycles. The summed E-state index contributed by atoms with van der Waals surface area (Å²) in [5.41, 5.74) is 3.03. The summed E-state index contributed by atoms with van der Waals surface area (Å²) in [5.74, 6) is 1.97. The van der Waals surface area contributed by atoms with Crippen LogP contribution in [0.3, 0.4) is 0 Å². The number of thiophene rings is 1. The molecule has 0 radical (unpaired) electrons. The highest BCUT2D eigenvalue weighted by molar-refractivity contribution is 7.17. The van der Waals surface area contributed by atoms with Crippen LogP contribution >= 0.6 is 11.3 Å². The summed E-state index contributed by atoms with van der Waals surface area (Å²) >= 11 is 1.69. The van der Waals surface area contributed by atoms with Crippen molar-refractivity contribution in [2.24, 2.45) is 0 Å². The number of nitrogens with one attached hydrogen (secondary N) is 1. The first-order chi connectivity index (χ1) is 10.2. The van der Waals surface area contributed by atoms with Crippen LogP contribution in [0.5, 0.6) is 0 Å². The smallest absolute Gasteiger partial charge is 0.163 e. The average Bonchev–Trinajstić information content (AvgIpc) is 2.94. The summed E-state index contributed by atoms with van der Waals surface area (Å²) < 4.78 is 1.16. The molecule has 21 heavy (non-hydrogen) atoms. The van der Waals surface area contributed by atoms with E-state index < -0.39 is 0 Å². The van der Waals surface area contributed by atoms with E-state index >= 15 is 0 Å². The van der Waals surface area contributed by atoms with E-state index in [-0.39, 0.29) is 0 Å². The third-order valence-corrected chi connectivity index (χ3v) is 4.11. The molecular formula is C16H18N4S. The third kappa shape index (κ3) is 2.88. The molecule has 3 rings (SSSR count). The summed E-state index contributed by atoms with van der Waals surface area (Å²) in [7, 11) is 0. The lowest BCUT2D eigenvalue weighted by Gasteiger charge is -2.11. The largest absolute Gasteiger partial charge is 0.370 e. The molecule has 3 aromatic rings. The summed E-state index contributed by atoms with van der Waals surface area (Å²) in [6.45, 7) is 7.19. The average molecular weight is 298 g/mol. The van der Waals surface area contributed by atoms with E-state index in [2.05, 4.69) is 47.5 Å². The maximum atomic E-state index is 4.69. The van der Waals surface area contributed by atoms with Gasteiger partial charge in [-0.3, -0.25) is 4.98 Å². The van der Waals surface area contributed by atoms with Gasteiger partial charge in [-0.05, 0) is 30.4 Å². The van der Waals surface area contributed by atoms with Crippen LogP contribution in [-0.4, -0.2) is 21.5 Å². The van der Waals surface area contributed by atoms with Gasteiger partial charge in [0.25, 0.3) is 0 Å². The van der Waals surface area contributed by atoms with Gasteiger partial charge < -0.3 is 5.32 Å². The van der Waals surface area contributed by atoms with Gasteiger partial charge in [0.1, 0.15) is 5.82 Å². The van der Waals surface area contributed by atoms with E-state index in [9.17, 15) is 0 Å². The van der Waals surface area contributed by atoms with Crippen molar-refractivity contribution in [3.05, 3.63) is 35.5 Å². The Labute approximate surface area is 128 Å². The van der Waals surface area contributed by atoms with Crippen molar-refractivity contribution in [2.45, 2.75) is 26.7 Å². The van der Waals surface area contributed by atoms with E-state index in [1.807, 2.05) is 18.3 Å². The first-order valence-electron chi connectivity index (χ1n) is 7.14. The SMILES string of the molecule is CCNc1cc(C(C)C)nc(-c2cnc3ccsc3c2)n1. The van der Waals surface area contributed by atoms with Crippen LogP contribution in [0.4, 0.5) is 5.82 Å². The van der Waals surface area contributed by atoms with Crippen molar-refractivity contribution in [1.82, 2.24) is 15.0 Å². The Morgan fingerprint density at radius 1 is 1.24 bits per heavy atom. The number of pyridine rings is 1. The van der Waals surface area contributed by atoms with Gasteiger partial charge in [-0.1, -0.05) is 13.8 Å². The number of rotatable bonds is 4. The molecule has 5 heteroatoms. The predicted octanol–water partition coefficient (Wildman–Crippen LogP) is 4.31. The van der Waals surface area contributed by atoms with Gasteiger partial charge in [0.2, 0.25) is 0 Å². The predicted molar refractivity (Wildman–Crippen MR) is 88.9 cm³/mol. The lowest BCUT2D eigenvalue weighted by atomic mass is 10.1. The zero-order valence-corrected chi connectivity index (χ0v) is 13.2. The van der Waals surface area contributed by atoms with Gasteiger partial charge in [0.05, 0.1) is 10.2 Å². The van der Waals surface area contributed by atoms with Crippen molar-refractivity contribution < 1.29 is 0 Å². The Balaban J connectivity index is 2.10. The van der Waals surface area contributed by atoms with Gasteiger partial charge in [-0.25, -0.2) is 9.97 Å². The maximum absolute atomic E-state index is 4.69. The molecule has 3 heterocycles. The Morgan fingerprint density at radius 2 is 2.10 bits per heavy atom. The molecule has 0 aromatic carbocycles. The van der Waals surface area contributed by atoms with Gasteiger partial charge in [-0.2, -0.15) is 0 Å². The molecule has 0 amide bonds. The Morgan fingerprint density at radius 3 is 2.86 bits per heavy atom. The summed E-state index contributed by atoms with van der Waals surface area (Å²) in [4.78, 5) is 13.8. The Kier molecular flexibility index (Phi) is 3.84. The molecule has 3 aromatic heterocycles. The normalized spacial score (nSPS) is 11.2. The van der Waals surface area contributed by atoms with Crippen LogP contribution in [0.1, 0.15) is 32.4 Å². The topological polar surface area (TPSA) is 50.7 Å². The second-order valence-corrected chi connectivity index (χ2v) is 6.16. The van der Waals surface area contributed by atoms with E-state index in [1.165, 1.54) is 0 Å². The molecule has 4 nitrogen and oxygen atoms in total. The monoisotopic (exact) mass is 298 g/mol. The fraction of sp³-hybridized carbons (Fsp3) is 0.312. The number of nitrogens with zero attached hydrogens (tertiary/aromatic N) is 3. The molecule has 0 aliphatic heterocycles. The lowest BCUT2D eigenvalue weighted by Crippen LogP contribution is -2.05. The standard InChI is InChI=1S/C16H18N4S/c1-4-17-15-8-13(10(2)3)19-16(20-15)11-7-14-12(18-9-11)5-6-21-14/h5-10H,4H2,1-3H3,(H,17,19,20). The molecule has 0 spiro atoms. The van der Waals surface area contributed by atoms with Crippen molar-refractivity contribution in [3.63, 3.8) is 0 Å². The van der Waals surface area contributed by atoms with Crippen LogP contribution in [-0.2, 0) is 0 Å². The van der Waals surface area contributed by atoms with Gasteiger partial charge >= 0.3 is 0 Å². The molecule has 108 valence electrons. The minimum Gasteiger partial charge on any atom is -0.370 e. The first kappa shape index (κ1) is 13.9. The van der Waals surface area contributed by atoms with Crippen molar-refractivity contribution >= 4 is 27.4 Å². The molecule has 1 N–H and O–H groups in total. The second-order valence-electron chi connectivity index (χ2n) is 5.21. The molecule has 0 bridgehead atoms. The zero-order chi connectivity index (χ0) is 14.8. The fourth-order valence-electron chi connectivity index (χ4n) is 2.13. The van der Waals surface area contributed by atoms with Gasteiger partial charge in [-0.15, -0.1) is 11.3 Å². The van der Waals surface area contributed by atoms with Crippen molar-refractivity contribution in [1.29, 1.82) is 0 Å². The molecule has 0 unspecified atom stereocenters. The molecular weight excluding hydrogens is 280 g/mol. The van der Waals surface area contributed by atoms with Crippen LogP contribution in [0, 0.1) is 0 Å². The highest BCUT2D eigenvalue weighted by atomic mass is 32.1. The minimum absolute atomic E-state index is 0.364. The van der Waals surface area contributed by atoms with Gasteiger partial charge in [0, 0.05) is 30.1 Å². The van der Waals surface area contributed by atoms with E-state index in [1.54, 1.807) is 11.3 Å². The summed E-state index contributed by atoms with van der Waals surface area (Å²) in [6, 6.07) is 6.16. The molecule has 0 aliphatic carbocycles. The number of hydrogen-bond donors (Lipinski definition) is 1. The zero-order valence-electron chi connectivity index (χ0n) is 12.4. The van der Waals surface area contributed by atoms with Crippen LogP contribution in [0.2, 0.25) is 0 Å². The third-order valence-electron chi connectivity index (χ3n) is 3.26. The maximum Gasteiger partial charge on any atom is 0.163 e. The first-order valence-corrected chi connectivity index (χ1v) is 8.02. The van der Waals surface area contributed by atoms with E-state index in [0.717, 1.165) is 39.7 Å². The fourth-order valence-corrected chi connectivity index (χ4v) is 2.91. The Hall–Kier alpha value is -2.01. The number of fused-ring (bicyclic) bond motifs is 1. The lowest BCUT2D eigenvalue weighted by molar-refractivity contribution is 0.817. The highest BCUT2D eigenvalue weighted by Gasteiger charge is 2.10. The van der Waals surface area contributed by atoms with Crippen LogP contribution in [0.25, 0.3) is 21.6 Å². The van der Waals surface area contributed by atoms with Crippen LogP contribution < -0.4 is 5.32 Å². The summed E-state index contributed by atoms with van der Waals surface area (Å²) in [6.07, 6.45) is 1.85. The summed E-state index contributed by atoms with van der Waals surface area (Å²) in [5, 5.41) is 5.33. The van der Waals surface area contributed by atoms with Crippen molar-refractivity contribution in [2.75, 3.05) is 11.9 Å². The molecule has 0 atom stereocenters. The number of anilines is 1. The molecule has 0 fully saturated rings.